The highest BCUT2D eigenvalue weighted by Crippen LogP contribution is 2.51. The minimum Gasteiger partial charge on any atom is -0.342 e. The Morgan fingerprint density at radius 3 is 2.35 bits per heavy atom. The molecular formula is C23H26F2N2O3S. The molecule has 8 heteroatoms. The van der Waals surface area contributed by atoms with Gasteiger partial charge in [-0.15, -0.1) is 0 Å². The monoisotopic (exact) mass is 448 g/mol. The van der Waals surface area contributed by atoms with Crippen molar-refractivity contribution in [3.63, 3.8) is 0 Å². The van der Waals surface area contributed by atoms with Crippen LogP contribution < -0.4 is 4.72 Å². The van der Waals surface area contributed by atoms with Crippen LogP contribution in [0.5, 0.6) is 0 Å². The van der Waals surface area contributed by atoms with Gasteiger partial charge in [-0.2, -0.15) is 0 Å². The predicted octanol–water partition coefficient (Wildman–Crippen LogP) is 3.52. The van der Waals surface area contributed by atoms with E-state index < -0.39 is 21.7 Å². The number of nitrogens with zero attached hydrogens (tertiary/aromatic N) is 1. The van der Waals surface area contributed by atoms with Gasteiger partial charge in [-0.25, -0.2) is 21.9 Å². The SMILES string of the molecule is CS(=O)(=O)NCC1CCN(C(=O)C2CC2c2ccccc2-c2c(F)cccc2F)CC1. The number of likely N-dealkylation sites (tertiary alicyclic amines) is 1. The third-order valence-electron chi connectivity index (χ3n) is 6.26. The summed E-state index contributed by atoms with van der Waals surface area (Å²) in [5.41, 5.74) is 1.26. The molecule has 1 saturated heterocycles. The van der Waals surface area contributed by atoms with Crippen LogP contribution in [-0.4, -0.2) is 45.1 Å². The van der Waals surface area contributed by atoms with Gasteiger partial charge < -0.3 is 4.90 Å². The lowest BCUT2D eigenvalue weighted by atomic mass is 9.94. The Hall–Kier alpha value is -2.32. The molecule has 2 aliphatic rings. The van der Waals surface area contributed by atoms with E-state index in [2.05, 4.69) is 4.72 Å². The zero-order valence-corrected chi connectivity index (χ0v) is 18.2. The van der Waals surface area contributed by atoms with Gasteiger partial charge in [-0.1, -0.05) is 30.3 Å². The number of halogens is 2. The lowest BCUT2D eigenvalue weighted by Gasteiger charge is -2.32. The Labute approximate surface area is 181 Å². The summed E-state index contributed by atoms with van der Waals surface area (Å²) in [6.07, 6.45) is 3.32. The molecule has 1 heterocycles. The molecule has 2 fully saturated rings. The highest BCUT2D eigenvalue weighted by molar-refractivity contribution is 7.88. The molecule has 1 aliphatic carbocycles. The highest BCUT2D eigenvalue weighted by atomic mass is 32.2. The van der Waals surface area contributed by atoms with Crippen LogP contribution in [0.15, 0.2) is 42.5 Å². The van der Waals surface area contributed by atoms with E-state index in [-0.39, 0.29) is 29.2 Å². The maximum atomic E-state index is 14.4. The van der Waals surface area contributed by atoms with Crippen molar-refractivity contribution >= 4 is 15.9 Å². The maximum Gasteiger partial charge on any atom is 0.226 e. The number of carbonyl (C=O) groups is 1. The van der Waals surface area contributed by atoms with Crippen molar-refractivity contribution in [3.05, 3.63) is 59.7 Å². The van der Waals surface area contributed by atoms with Crippen LogP contribution in [0.3, 0.4) is 0 Å². The van der Waals surface area contributed by atoms with Crippen LogP contribution in [0.1, 0.15) is 30.7 Å². The zero-order chi connectivity index (χ0) is 22.2. The van der Waals surface area contributed by atoms with Gasteiger partial charge in [0.15, 0.2) is 0 Å². The van der Waals surface area contributed by atoms with Gasteiger partial charge in [0, 0.05) is 25.6 Å². The molecule has 2 aromatic rings. The van der Waals surface area contributed by atoms with Crippen molar-refractivity contribution in [2.24, 2.45) is 11.8 Å². The maximum absolute atomic E-state index is 14.4. The summed E-state index contributed by atoms with van der Waals surface area (Å²) in [6, 6.07) is 11.0. The first-order valence-corrected chi connectivity index (χ1v) is 12.4. The smallest absolute Gasteiger partial charge is 0.226 e. The van der Waals surface area contributed by atoms with E-state index in [1.165, 1.54) is 18.2 Å². The van der Waals surface area contributed by atoms with Crippen LogP contribution in [-0.2, 0) is 14.8 Å². The van der Waals surface area contributed by atoms with Gasteiger partial charge >= 0.3 is 0 Å². The van der Waals surface area contributed by atoms with Gasteiger partial charge in [0.2, 0.25) is 15.9 Å². The molecule has 2 unspecified atom stereocenters. The van der Waals surface area contributed by atoms with Crippen molar-refractivity contribution in [1.82, 2.24) is 9.62 Å². The second-order valence-corrected chi connectivity index (χ2v) is 10.4. The summed E-state index contributed by atoms with van der Waals surface area (Å²) in [7, 11) is -3.21. The van der Waals surface area contributed by atoms with Gasteiger partial charge in [-0.3, -0.25) is 4.79 Å². The van der Waals surface area contributed by atoms with E-state index in [0.717, 1.165) is 24.7 Å². The van der Waals surface area contributed by atoms with E-state index in [9.17, 15) is 22.0 Å². The normalized spacial score (nSPS) is 21.8. The molecule has 4 rings (SSSR count). The average Bonchev–Trinajstić information content (AvgIpc) is 3.53. The topological polar surface area (TPSA) is 66.5 Å². The van der Waals surface area contributed by atoms with Gasteiger partial charge in [-0.05, 0) is 54.4 Å². The van der Waals surface area contributed by atoms with Crippen molar-refractivity contribution in [2.75, 3.05) is 25.9 Å². The minimum atomic E-state index is -3.21. The molecule has 0 radical (unpaired) electrons. The Balaban J connectivity index is 1.42. The highest BCUT2D eigenvalue weighted by Gasteiger charge is 2.47. The first-order valence-electron chi connectivity index (χ1n) is 10.5. The molecule has 0 bridgehead atoms. The van der Waals surface area contributed by atoms with Crippen LogP contribution in [0, 0.1) is 23.5 Å². The van der Waals surface area contributed by atoms with Crippen molar-refractivity contribution in [1.29, 1.82) is 0 Å². The van der Waals surface area contributed by atoms with Crippen LogP contribution in [0.2, 0.25) is 0 Å². The van der Waals surface area contributed by atoms with Crippen molar-refractivity contribution < 1.29 is 22.0 Å². The fourth-order valence-electron chi connectivity index (χ4n) is 4.48. The summed E-state index contributed by atoms with van der Waals surface area (Å²) in [4.78, 5) is 14.9. The molecule has 1 N–H and O–H groups in total. The second-order valence-electron chi connectivity index (χ2n) is 8.52. The Morgan fingerprint density at radius 1 is 1.06 bits per heavy atom. The van der Waals surface area contributed by atoms with E-state index >= 15 is 0 Å². The number of nitrogens with one attached hydrogen (secondary N) is 1. The molecule has 2 atom stereocenters. The number of benzene rings is 2. The number of carbonyl (C=O) groups excluding carboxylic acids is 1. The number of amides is 1. The quantitative estimate of drug-likeness (QED) is 0.735. The Bertz CT molecular complexity index is 1060. The summed E-state index contributed by atoms with van der Waals surface area (Å²) in [5.74, 6) is -1.16. The summed E-state index contributed by atoms with van der Waals surface area (Å²) >= 11 is 0. The molecule has 1 aliphatic heterocycles. The second kappa shape index (κ2) is 8.67. The molecule has 1 amide bonds. The summed E-state index contributed by atoms with van der Waals surface area (Å²) < 4.78 is 53.8. The van der Waals surface area contributed by atoms with Crippen molar-refractivity contribution in [2.45, 2.75) is 25.2 Å². The van der Waals surface area contributed by atoms with Crippen LogP contribution >= 0.6 is 0 Å². The zero-order valence-electron chi connectivity index (χ0n) is 17.4. The van der Waals surface area contributed by atoms with Crippen LogP contribution in [0.25, 0.3) is 11.1 Å². The third kappa shape index (κ3) is 4.96. The number of piperidine rings is 1. The lowest BCUT2D eigenvalue weighted by molar-refractivity contribution is -0.134. The van der Waals surface area contributed by atoms with Crippen molar-refractivity contribution in [3.8, 4) is 11.1 Å². The molecule has 166 valence electrons. The average molecular weight is 449 g/mol. The molecule has 0 aromatic heterocycles. The molecule has 0 spiro atoms. The van der Waals surface area contributed by atoms with Gasteiger partial charge in [0.05, 0.1) is 11.8 Å². The third-order valence-corrected chi connectivity index (χ3v) is 6.95. The largest absolute Gasteiger partial charge is 0.342 e. The summed E-state index contributed by atoms with van der Waals surface area (Å²) in [5, 5.41) is 0. The fraction of sp³-hybridized carbons (Fsp3) is 0.435. The predicted molar refractivity (Wildman–Crippen MR) is 115 cm³/mol. The first kappa shape index (κ1) is 21.9. The molecule has 2 aromatic carbocycles. The van der Waals surface area contributed by atoms with E-state index in [4.69, 9.17) is 0 Å². The standard InChI is InChI=1S/C23H26F2N2O3S/c1-31(29,30)26-14-15-9-11-27(12-10-15)23(28)19-13-18(19)16-5-2-3-6-17(16)22-20(24)7-4-8-21(22)25/h2-8,15,18-19,26H,9-14H2,1H3. The molecule has 1 saturated carbocycles. The van der Waals surface area contributed by atoms with E-state index in [1.807, 2.05) is 17.0 Å². The number of hydrogen-bond acceptors (Lipinski definition) is 3. The Morgan fingerprint density at radius 2 is 1.71 bits per heavy atom. The van der Waals surface area contributed by atoms with E-state index in [1.54, 1.807) is 12.1 Å². The first-order chi connectivity index (χ1) is 14.7. The van der Waals surface area contributed by atoms with Crippen LogP contribution in [0.4, 0.5) is 8.78 Å². The lowest BCUT2D eigenvalue weighted by Crippen LogP contribution is -2.42. The van der Waals surface area contributed by atoms with Gasteiger partial charge in [0.25, 0.3) is 0 Å². The molecule has 5 nitrogen and oxygen atoms in total. The fourth-order valence-corrected chi connectivity index (χ4v) is 5.01. The van der Waals surface area contributed by atoms with E-state index in [0.29, 0.717) is 31.6 Å². The minimum absolute atomic E-state index is 0.0459. The molecular weight excluding hydrogens is 422 g/mol. The number of hydrogen-bond donors (Lipinski definition) is 1. The number of rotatable bonds is 6. The number of sulfonamides is 1. The summed E-state index contributed by atoms with van der Waals surface area (Å²) in [6.45, 7) is 1.60. The molecule has 31 heavy (non-hydrogen) atoms. The van der Waals surface area contributed by atoms with Gasteiger partial charge in [0.1, 0.15) is 11.6 Å². The Kier molecular flexibility index (Phi) is 6.12.